The molecule has 0 aromatic heterocycles. The van der Waals surface area contributed by atoms with Crippen LogP contribution in [0.3, 0.4) is 0 Å². The van der Waals surface area contributed by atoms with E-state index in [0.717, 1.165) is 71.0 Å². The van der Waals surface area contributed by atoms with Crippen molar-refractivity contribution in [3.05, 3.63) is 11.6 Å². The van der Waals surface area contributed by atoms with Gasteiger partial charge < -0.3 is 9.84 Å². The molecule has 5 aliphatic carbocycles. The van der Waals surface area contributed by atoms with Crippen molar-refractivity contribution in [2.24, 2.45) is 50.2 Å². The molecular formula is C37H61NO3. The smallest absolute Gasteiger partial charge is 0.312 e. The van der Waals surface area contributed by atoms with Gasteiger partial charge in [-0.05, 0) is 135 Å². The molecule has 0 bridgehead atoms. The first-order chi connectivity index (χ1) is 19.2. The molecule has 4 nitrogen and oxygen atoms in total. The van der Waals surface area contributed by atoms with Gasteiger partial charge in [0, 0.05) is 6.54 Å². The lowest BCUT2D eigenvalue weighted by Gasteiger charge is -2.71. The molecule has 8 atom stereocenters. The summed E-state index contributed by atoms with van der Waals surface area (Å²) in [5.41, 5.74) is 2.13. The van der Waals surface area contributed by atoms with Crippen LogP contribution >= 0.6 is 0 Å². The third-order valence-corrected chi connectivity index (χ3v) is 15.1. The van der Waals surface area contributed by atoms with Crippen molar-refractivity contribution in [3.8, 4) is 0 Å². The number of allylic oxidation sites excluding steroid dienone is 2. The molecule has 5 fully saturated rings. The number of hydrogen-bond acceptors (Lipinski definition) is 4. The molecule has 0 spiro atoms. The Morgan fingerprint density at radius 2 is 1.61 bits per heavy atom. The molecule has 4 heteroatoms. The predicted molar refractivity (Wildman–Crippen MR) is 166 cm³/mol. The third kappa shape index (κ3) is 4.45. The van der Waals surface area contributed by atoms with Crippen molar-refractivity contribution >= 4 is 5.97 Å². The molecule has 1 saturated heterocycles. The van der Waals surface area contributed by atoms with Crippen LogP contribution in [0.15, 0.2) is 11.6 Å². The number of aliphatic hydroxyl groups is 1. The van der Waals surface area contributed by atoms with Crippen LogP contribution in [0.25, 0.3) is 0 Å². The van der Waals surface area contributed by atoms with Gasteiger partial charge in [-0.25, -0.2) is 0 Å². The second-order valence-corrected chi connectivity index (χ2v) is 17.8. The largest absolute Gasteiger partial charge is 0.464 e. The van der Waals surface area contributed by atoms with E-state index >= 15 is 0 Å². The minimum Gasteiger partial charge on any atom is -0.464 e. The van der Waals surface area contributed by atoms with Gasteiger partial charge in [-0.2, -0.15) is 0 Å². The fourth-order valence-electron chi connectivity index (χ4n) is 12.2. The number of rotatable bonds is 4. The molecule has 1 heterocycles. The van der Waals surface area contributed by atoms with E-state index in [1.807, 2.05) is 0 Å². The third-order valence-electron chi connectivity index (χ3n) is 15.1. The lowest BCUT2D eigenvalue weighted by atomic mass is 9.33. The van der Waals surface area contributed by atoms with E-state index in [1.165, 1.54) is 32.1 Å². The Kier molecular flexibility index (Phi) is 7.42. The zero-order valence-corrected chi connectivity index (χ0v) is 27.6. The van der Waals surface area contributed by atoms with Crippen LogP contribution in [-0.4, -0.2) is 48.3 Å². The number of ether oxygens (including phenoxy) is 1. The average Bonchev–Trinajstić information content (AvgIpc) is 2.91. The fourth-order valence-corrected chi connectivity index (χ4v) is 12.2. The highest BCUT2D eigenvalue weighted by molar-refractivity contribution is 5.78. The molecule has 1 N–H and O–H groups in total. The number of aliphatic hydroxyl groups excluding tert-OH is 1. The summed E-state index contributed by atoms with van der Waals surface area (Å²) in [6.45, 7) is 21.1. The molecule has 6 aliphatic rings. The molecule has 4 saturated carbocycles. The fraction of sp³-hybridized carbons (Fsp3) is 0.919. The highest BCUT2D eigenvalue weighted by Gasteiger charge is 2.69. The number of piperidine rings is 1. The molecule has 0 aromatic rings. The van der Waals surface area contributed by atoms with Gasteiger partial charge in [0.2, 0.25) is 0 Å². The van der Waals surface area contributed by atoms with Crippen molar-refractivity contribution in [3.63, 3.8) is 0 Å². The lowest BCUT2D eigenvalue weighted by molar-refractivity contribution is -0.206. The van der Waals surface area contributed by atoms with Gasteiger partial charge in [-0.1, -0.05) is 66.5 Å². The summed E-state index contributed by atoms with van der Waals surface area (Å²) in [4.78, 5) is 16.7. The first-order valence-corrected chi connectivity index (χ1v) is 17.5. The summed E-state index contributed by atoms with van der Waals surface area (Å²) in [6.07, 6.45) is 17.3. The van der Waals surface area contributed by atoms with E-state index < -0.39 is 0 Å². The van der Waals surface area contributed by atoms with Gasteiger partial charge in [0.25, 0.3) is 0 Å². The molecule has 0 aromatic carbocycles. The predicted octanol–water partition coefficient (Wildman–Crippen LogP) is 8.18. The Morgan fingerprint density at radius 1 is 0.902 bits per heavy atom. The highest BCUT2D eigenvalue weighted by atomic mass is 16.5. The first-order valence-electron chi connectivity index (χ1n) is 17.5. The van der Waals surface area contributed by atoms with Crippen molar-refractivity contribution < 1.29 is 14.6 Å². The molecule has 1 aliphatic heterocycles. The summed E-state index contributed by atoms with van der Waals surface area (Å²) in [5, 5.41) is 11.0. The van der Waals surface area contributed by atoms with Gasteiger partial charge in [-0.15, -0.1) is 0 Å². The van der Waals surface area contributed by atoms with Crippen molar-refractivity contribution in [1.82, 2.24) is 4.90 Å². The highest BCUT2D eigenvalue weighted by Crippen LogP contribution is 2.75. The monoisotopic (exact) mass is 567 g/mol. The molecule has 2 unspecified atom stereocenters. The Morgan fingerprint density at radius 3 is 2.34 bits per heavy atom. The number of esters is 1. The van der Waals surface area contributed by atoms with E-state index in [0.29, 0.717) is 24.4 Å². The molecule has 0 radical (unpaired) electrons. The molecule has 0 amide bonds. The maximum atomic E-state index is 14.2. The average molecular weight is 568 g/mol. The van der Waals surface area contributed by atoms with Crippen LogP contribution in [0.1, 0.15) is 132 Å². The first kappa shape index (κ1) is 30.2. The summed E-state index contributed by atoms with van der Waals surface area (Å²) in [6, 6.07) is 0. The van der Waals surface area contributed by atoms with Gasteiger partial charge in [-0.3, -0.25) is 9.69 Å². The van der Waals surface area contributed by atoms with Crippen LogP contribution in [-0.2, 0) is 9.53 Å². The van der Waals surface area contributed by atoms with E-state index in [-0.39, 0.29) is 44.6 Å². The molecular weight excluding hydrogens is 506 g/mol. The van der Waals surface area contributed by atoms with Crippen LogP contribution in [0.4, 0.5) is 0 Å². The number of likely N-dealkylation sites (tertiary alicyclic amines) is 1. The van der Waals surface area contributed by atoms with Crippen LogP contribution in [0.5, 0.6) is 0 Å². The van der Waals surface area contributed by atoms with E-state index in [4.69, 9.17) is 4.74 Å². The Labute approximate surface area is 251 Å². The zero-order chi connectivity index (χ0) is 29.5. The van der Waals surface area contributed by atoms with Crippen LogP contribution in [0, 0.1) is 50.2 Å². The molecule has 6 rings (SSSR count). The Balaban J connectivity index is 1.30. The maximum Gasteiger partial charge on any atom is 0.312 e. The number of fused-ring (bicyclic) bond motifs is 7. The molecule has 232 valence electrons. The van der Waals surface area contributed by atoms with E-state index in [1.54, 1.807) is 5.57 Å². The van der Waals surface area contributed by atoms with Crippen molar-refractivity contribution in [1.29, 1.82) is 0 Å². The minimum absolute atomic E-state index is 0.0215. The minimum atomic E-state index is -0.343. The summed E-state index contributed by atoms with van der Waals surface area (Å²) >= 11 is 0. The van der Waals surface area contributed by atoms with Gasteiger partial charge in [0.05, 0.1) is 11.5 Å². The lowest BCUT2D eigenvalue weighted by Crippen LogP contribution is -2.65. The van der Waals surface area contributed by atoms with Gasteiger partial charge >= 0.3 is 5.97 Å². The summed E-state index contributed by atoms with van der Waals surface area (Å²) in [7, 11) is 0. The topological polar surface area (TPSA) is 49.8 Å². The maximum absolute atomic E-state index is 14.2. The second kappa shape index (κ2) is 10.1. The number of carbonyl (C=O) groups is 1. The van der Waals surface area contributed by atoms with Gasteiger partial charge in [0.15, 0.2) is 0 Å². The number of carbonyl (C=O) groups excluding carboxylic acids is 1. The van der Waals surface area contributed by atoms with Crippen LogP contribution in [0.2, 0.25) is 0 Å². The van der Waals surface area contributed by atoms with Crippen LogP contribution < -0.4 is 0 Å². The Hall–Kier alpha value is -0.870. The Bertz CT molecular complexity index is 1060. The van der Waals surface area contributed by atoms with E-state index in [2.05, 4.69) is 59.4 Å². The summed E-state index contributed by atoms with van der Waals surface area (Å²) < 4.78 is 6.25. The number of hydrogen-bond donors (Lipinski definition) is 1. The second-order valence-electron chi connectivity index (χ2n) is 17.8. The SMILES string of the molecule is CC1(C)CC[C@]2(C(=O)OCCN3CCCCC3)CC[C@]3(C)C(=CCC4[C@@]5(C)CC[C@H](O)C(C)(C)C5CC[C@]43C)[C@@H]2C1. The van der Waals surface area contributed by atoms with Crippen molar-refractivity contribution in [2.75, 3.05) is 26.2 Å². The van der Waals surface area contributed by atoms with E-state index in [9.17, 15) is 9.90 Å². The standard InChI is InChI=1S/C37H61NO3/c1-32(2)17-19-37(31(40)41-24-23-38-21-9-8-10-22-38)20-18-35(6)26(27(37)25-32)11-12-29-34(5)15-14-30(39)33(3,4)28(34)13-16-36(29,35)7/h11,27-30,39H,8-10,12-25H2,1-7H3/t27-,28?,29?,30-,34-,35+,36+,37-/m0/s1. The number of nitrogens with zero attached hydrogens (tertiary/aromatic N) is 1. The van der Waals surface area contributed by atoms with Crippen molar-refractivity contribution in [2.45, 2.75) is 138 Å². The normalized spacial score (nSPS) is 47.2. The summed E-state index contributed by atoms with van der Waals surface area (Å²) in [5.74, 6) is 1.63. The quantitative estimate of drug-likeness (QED) is 0.275. The van der Waals surface area contributed by atoms with Gasteiger partial charge in [0.1, 0.15) is 6.61 Å². The zero-order valence-electron chi connectivity index (χ0n) is 27.6. The molecule has 41 heavy (non-hydrogen) atoms.